The van der Waals surface area contributed by atoms with E-state index in [1.807, 2.05) is 25.1 Å². The summed E-state index contributed by atoms with van der Waals surface area (Å²) in [5.74, 6) is -0.729. The second-order valence-electron chi connectivity index (χ2n) is 9.69. The maximum absolute atomic E-state index is 13.7. The monoisotopic (exact) mass is 533 g/mol. The normalized spacial score (nSPS) is 15.2. The molecule has 36 heavy (non-hydrogen) atoms. The first kappa shape index (κ1) is 28.0. The molecule has 1 fully saturated rings. The van der Waals surface area contributed by atoms with E-state index >= 15 is 0 Å². The van der Waals surface area contributed by atoms with E-state index in [9.17, 15) is 18.0 Å². The predicted octanol–water partition coefficient (Wildman–Crippen LogP) is 4.59. The quantitative estimate of drug-likeness (QED) is 0.511. The molecule has 1 saturated carbocycles. The number of hydrogen-bond donors (Lipinski definition) is 1. The molecule has 0 spiro atoms. The average Bonchev–Trinajstić information content (AvgIpc) is 2.83. The van der Waals surface area contributed by atoms with Crippen molar-refractivity contribution in [3.63, 3.8) is 0 Å². The van der Waals surface area contributed by atoms with Crippen molar-refractivity contribution >= 4 is 39.1 Å². The number of rotatable bonds is 9. The Bertz CT molecular complexity index is 1200. The molecule has 0 aliphatic heterocycles. The van der Waals surface area contributed by atoms with Crippen LogP contribution in [0.4, 0.5) is 5.69 Å². The van der Waals surface area contributed by atoms with Crippen molar-refractivity contribution in [1.29, 1.82) is 0 Å². The molecule has 0 aromatic heterocycles. The smallest absolute Gasteiger partial charge is 0.244 e. The zero-order valence-corrected chi connectivity index (χ0v) is 23.0. The number of carbonyl (C=O) groups is 2. The standard InChI is InChI=1S/C27H36ClN3O4S/c1-19-14-15-20(2)25(16-19)31(36(4,34)35)18-26(32)30(17-22-10-8-9-13-24(22)28)21(3)27(33)29-23-11-6-5-7-12-23/h8-10,13-16,21,23H,5-7,11-12,17-18H2,1-4H3,(H,29,33)/t21-/m1/s1. The molecule has 196 valence electrons. The lowest BCUT2D eigenvalue weighted by molar-refractivity contribution is -0.139. The van der Waals surface area contributed by atoms with E-state index < -0.39 is 28.5 Å². The van der Waals surface area contributed by atoms with Crippen molar-refractivity contribution in [3.05, 3.63) is 64.2 Å². The third kappa shape index (κ3) is 7.23. The lowest BCUT2D eigenvalue weighted by Gasteiger charge is -2.33. The van der Waals surface area contributed by atoms with Crippen LogP contribution in [0.5, 0.6) is 0 Å². The van der Waals surface area contributed by atoms with Crippen molar-refractivity contribution in [2.24, 2.45) is 0 Å². The van der Waals surface area contributed by atoms with Crippen molar-refractivity contribution < 1.29 is 18.0 Å². The fourth-order valence-corrected chi connectivity index (χ4v) is 5.64. The minimum Gasteiger partial charge on any atom is -0.352 e. The largest absolute Gasteiger partial charge is 0.352 e. The zero-order valence-electron chi connectivity index (χ0n) is 21.5. The SMILES string of the molecule is Cc1ccc(C)c(N(CC(=O)N(Cc2ccccc2Cl)[C@H](C)C(=O)NC2CCCCC2)S(C)(=O)=O)c1. The summed E-state index contributed by atoms with van der Waals surface area (Å²) >= 11 is 6.38. The first-order valence-corrected chi connectivity index (χ1v) is 14.6. The summed E-state index contributed by atoms with van der Waals surface area (Å²) in [7, 11) is -3.78. The first-order chi connectivity index (χ1) is 17.0. The van der Waals surface area contributed by atoms with Gasteiger partial charge in [-0.15, -0.1) is 0 Å². The Labute approximate surface area is 219 Å². The molecule has 2 aromatic rings. The Hall–Kier alpha value is -2.58. The van der Waals surface area contributed by atoms with Gasteiger partial charge in [-0.3, -0.25) is 13.9 Å². The highest BCUT2D eigenvalue weighted by atomic mass is 35.5. The molecule has 2 amide bonds. The van der Waals surface area contributed by atoms with Crippen LogP contribution < -0.4 is 9.62 Å². The molecular formula is C27H36ClN3O4S. The van der Waals surface area contributed by atoms with Gasteiger partial charge in [0.05, 0.1) is 11.9 Å². The zero-order chi connectivity index (χ0) is 26.5. The molecule has 1 aliphatic rings. The molecule has 0 saturated heterocycles. The van der Waals surface area contributed by atoms with Gasteiger partial charge in [0, 0.05) is 17.6 Å². The second-order valence-corrected chi connectivity index (χ2v) is 12.0. The molecule has 1 atom stereocenters. The fraction of sp³-hybridized carbons (Fsp3) is 0.481. The number of amides is 2. The molecule has 0 bridgehead atoms. The van der Waals surface area contributed by atoms with E-state index in [1.54, 1.807) is 38.1 Å². The van der Waals surface area contributed by atoms with E-state index in [4.69, 9.17) is 11.6 Å². The summed E-state index contributed by atoms with van der Waals surface area (Å²) in [5.41, 5.74) is 2.75. The maximum Gasteiger partial charge on any atom is 0.244 e. The molecule has 1 aliphatic carbocycles. The number of anilines is 1. The van der Waals surface area contributed by atoms with Gasteiger partial charge >= 0.3 is 0 Å². The van der Waals surface area contributed by atoms with Crippen LogP contribution in [0, 0.1) is 13.8 Å². The summed E-state index contributed by atoms with van der Waals surface area (Å²) < 4.78 is 26.7. The van der Waals surface area contributed by atoms with Gasteiger partial charge in [0.1, 0.15) is 12.6 Å². The van der Waals surface area contributed by atoms with Crippen LogP contribution >= 0.6 is 11.6 Å². The summed E-state index contributed by atoms with van der Waals surface area (Å²) in [5, 5.41) is 3.57. The lowest BCUT2D eigenvalue weighted by Crippen LogP contribution is -2.53. The number of hydrogen-bond acceptors (Lipinski definition) is 4. The number of carbonyl (C=O) groups excluding carboxylic acids is 2. The fourth-order valence-electron chi connectivity index (χ4n) is 4.54. The molecule has 9 heteroatoms. The molecule has 0 heterocycles. The minimum atomic E-state index is -3.78. The van der Waals surface area contributed by atoms with Crippen LogP contribution in [0.2, 0.25) is 5.02 Å². The Morgan fingerprint density at radius 2 is 1.75 bits per heavy atom. The van der Waals surface area contributed by atoms with E-state index in [1.165, 1.54) is 11.3 Å². The van der Waals surface area contributed by atoms with Gasteiger partial charge in [-0.1, -0.05) is 61.2 Å². The molecule has 1 N–H and O–H groups in total. The maximum atomic E-state index is 13.7. The second kappa shape index (κ2) is 12.1. The number of nitrogens with one attached hydrogen (secondary N) is 1. The number of halogens is 1. The van der Waals surface area contributed by atoms with Crippen LogP contribution in [0.3, 0.4) is 0 Å². The van der Waals surface area contributed by atoms with Crippen molar-refractivity contribution in [3.8, 4) is 0 Å². The van der Waals surface area contributed by atoms with E-state index in [0.717, 1.165) is 47.4 Å². The van der Waals surface area contributed by atoms with Gasteiger partial charge in [-0.05, 0) is 62.4 Å². The summed E-state index contributed by atoms with van der Waals surface area (Å²) in [6.07, 6.45) is 6.23. The van der Waals surface area contributed by atoms with Crippen molar-refractivity contribution in [2.45, 2.75) is 71.5 Å². The van der Waals surface area contributed by atoms with Crippen molar-refractivity contribution in [1.82, 2.24) is 10.2 Å². The summed E-state index contributed by atoms with van der Waals surface area (Å²) in [6.45, 7) is 5.01. The third-order valence-electron chi connectivity index (χ3n) is 6.73. The number of nitrogens with zero attached hydrogens (tertiary/aromatic N) is 2. The van der Waals surface area contributed by atoms with E-state index in [0.29, 0.717) is 16.3 Å². The highest BCUT2D eigenvalue weighted by molar-refractivity contribution is 7.92. The highest BCUT2D eigenvalue weighted by Crippen LogP contribution is 2.25. The molecule has 0 unspecified atom stereocenters. The Morgan fingerprint density at radius 1 is 1.08 bits per heavy atom. The Morgan fingerprint density at radius 3 is 2.39 bits per heavy atom. The lowest BCUT2D eigenvalue weighted by atomic mass is 9.95. The molecule has 2 aromatic carbocycles. The van der Waals surface area contributed by atoms with Crippen LogP contribution in [-0.4, -0.2) is 50.0 Å². The molecule has 7 nitrogen and oxygen atoms in total. The highest BCUT2D eigenvalue weighted by Gasteiger charge is 2.32. The minimum absolute atomic E-state index is 0.0855. The van der Waals surface area contributed by atoms with Gasteiger partial charge < -0.3 is 10.2 Å². The predicted molar refractivity (Wildman–Crippen MR) is 145 cm³/mol. The Balaban J connectivity index is 1.91. The van der Waals surface area contributed by atoms with Crippen LogP contribution in [0.15, 0.2) is 42.5 Å². The van der Waals surface area contributed by atoms with Crippen molar-refractivity contribution in [2.75, 3.05) is 17.1 Å². The third-order valence-corrected chi connectivity index (χ3v) is 8.23. The van der Waals surface area contributed by atoms with Gasteiger partial charge in [0.2, 0.25) is 21.8 Å². The van der Waals surface area contributed by atoms with Gasteiger partial charge in [-0.2, -0.15) is 0 Å². The van der Waals surface area contributed by atoms with Crippen LogP contribution in [0.1, 0.15) is 55.7 Å². The Kier molecular flexibility index (Phi) is 9.41. The number of aryl methyl sites for hydroxylation is 2. The van der Waals surface area contributed by atoms with Crippen LogP contribution in [-0.2, 0) is 26.2 Å². The van der Waals surface area contributed by atoms with Gasteiger partial charge in [0.15, 0.2) is 0 Å². The molecular weight excluding hydrogens is 498 g/mol. The van der Waals surface area contributed by atoms with E-state index in [-0.39, 0.29) is 18.5 Å². The number of benzene rings is 2. The van der Waals surface area contributed by atoms with Gasteiger partial charge in [-0.25, -0.2) is 8.42 Å². The first-order valence-electron chi connectivity index (χ1n) is 12.4. The summed E-state index contributed by atoms with van der Waals surface area (Å²) in [6, 6.07) is 11.9. The average molecular weight is 534 g/mol. The van der Waals surface area contributed by atoms with E-state index in [2.05, 4.69) is 5.32 Å². The summed E-state index contributed by atoms with van der Waals surface area (Å²) in [4.78, 5) is 28.4. The molecule has 0 radical (unpaired) electrons. The number of sulfonamides is 1. The van der Waals surface area contributed by atoms with Crippen LogP contribution in [0.25, 0.3) is 0 Å². The van der Waals surface area contributed by atoms with Gasteiger partial charge in [0.25, 0.3) is 0 Å². The molecule has 3 rings (SSSR count). The topological polar surface area (TPSA) is 86.8 Å².